The molecule has 0 bridgehead atoms. The van der Waals surface area contributed by atoms with Crippen molar-refractivity contribution in [3.63, 3.8) is 0 Å². The van der Waals surface area contributed by atoms with Crippen molar-refractivity contribution in [2.75, 3.05) is 13.1 Å². The molecule has 2 aromatic rings. The van der Waals surface area contributed by atoms with E-state index in [1.165, 1.54) is 12.5 Å². The summed E-state index contributed by atoms with van der Waals surface area (Å²) in [6.45, 7) is 1.93. The Kier molecular flexibility index (Phi) is 6.85. The van der Waals surface area contributed by atoms with E-state index in [0.717, 1.165) is 24.8 Å². The Balaban J connectivity index is 0.000000360. The van der Waals surface area contributed by atoms with Crippen LogP contribution in [-0.4, -0.2) is 62.5 Å². The first-order valence-electron chi connectivity index (χ1n) is 9.93. The molecule has 4 rings (SSSR count). The summed E-state index contributed by atoms with van der Waals surface area (Å²) >= 11 is 0. The number of carboxylic acid groups (broad SMARTS) is 1. The molecule has 0 radical (unpaired) electrons. The van der Waals surface area contributed by atoms with Crippen LogP contribution >= 0.6 is 0 Å². The van der Waals surface area contributed by atoms with E-state index >= 15 is 0 Å². The van der Waals surface area contributed by atoms with Gasteiger partial charge >= 0.3 is 12.1 Å². The van der Waals surface area contributed by atoms with Crippen LogP contribution in [0.3, 0.4) is 0 Å². The predicted octanol–water partition coefficient (Wildman–Crippen LogP) is 3.11. The zero-order valence-electron chi connectivity index (χ0n) is 17.0. The molecule has 2 fully saturated rings. The van der Waals surface area contributed by atoms with Gasteiger partial charge in [0.1, 0.15) is 6.26 Å². The number of piperidine rings is 1. The Morgan fingerprint density at radius 1 is 1.19 bits per heavy atom. The highest BCUT2D eigenvalue weighted by atomic mass is 19.4. The Hall–Kier alpha value is -3.37. The molecule has 4 heterocycles. The Morgan fingerprint density at radius 3 is 2.41 bits per heavy atom. The minimum Gasteiger partial charge on any atom is -0.475 e. The number of aliphatic carboxylic acids is 1. The van der Waals surface area contributed by atoms with Crippen LogP contribution in [0.2, 0.25) is 0 Å². The molecule has 0 aliphatic carbocycles. The topological polar surface area (TPSA) is 104 Å². The first-order valence-corrected chi connectivity index (χ1v) is 9.93. The van der Waals surface area contributed by atoms with E-state index in [0.29, 0.717) is 31.6 Å². The second-order valence-corrected chi connectivity index (χ2v) is 7.67. The molecule has 0 saturated carbocycles. The zero-order valence-corrected chi connectivity index (χ0v) is 17.0. The van der Waals surface area contributed by atoms with Crippen LogP contribution in [0.25, 0.3) is 0 Å². The number of furan rings is 1. The monoisotopic (exact) mass is 453 g/mol. The van der Waals surface area contributed by atoms with E-state index in [9.17, 15) is 22.8 Å². The highest BCUT2D eigenvalue weighted by Gasteiger charge is 2.47. The third kappa shape index (κ3) is 5.27. The van der Waals surface area contributed by atoms with E-state index in [4.69, 9.17) is 14.3 Å². The van der Waals surface area contributed by atoms with Gasteiger partial charge in [-0.25, -0.2) is 4.79 Å². The number of carboxylic acids is 1. The fourth-order valence-corrected chi connectivity index (χ4v) is 4.02. The van der Waals surface area contributed by atoms with Crippen molar-refractivity contribution in [3.8, 4) is 0 Å². The quantitative estimate of drug-likeness (QED) is 0.766. The minimum absolute atomic E-state index is 0.00623. The number of amides is 2. The second-order valence-electron chi connectivity index (χ2n) is 7.67. The lowest BCUT2D eigenvalue weighted by Gasteiger charge is -2.45. The van der Waals surface area contributed by atoms with Gasteiger partial charge in [0.2, 0.25) is 5.91 Å². The standard InChI is InChI=1S/C19H21N3O3.C2HF3O2/c23-17-3-5-19(22(17)13-15-2-1-8-20-12-15)6-9-21(10-7-19)18(24)16-4-11-25-14-16;3-2(4,5)1(6)7/h1-2,4,8,11-12,14H,3,5-7,9-10,13H2;(H,6,7). The number of alkyl halides is 3. The van der Waals surface area contributed by atoms with Crippen molar-refractivity contribution >= 4 is 17.8 Å². The number of pyridine rings is 1. The third-order valence-electron chi connectivity index (χ3n) is 5.73. The summed E-state index contributed by atoms with van der Waals surface area (Å²) in [6.07, 6.45) is 4.59. The number of nitrogens with zero attached hydrogens (tertiary/aromatic N) is 3. The molecule has 1 spiro atoms. The van der Waals surface area contributed by atoms with E-state index in [1.807, 2.05) is 28.1 Å². The average Bonchev–Trinajstić information content (AvgIpc) is 3.40. The first-order chi connectivity index (χ1) is 15.1. The number of aromatic nitrogens is 1. The van der Waals surface area contributed by atoms with Crippen molar-refractivity contribution in [2.45, 2.75) is 43.9 Å². The molecule has 2 aromatic heterocycles. The molecule has 172 valence electrons. The van der Waals surface area contributed by atoms with Crippen molar-refractivity contribution in [1.29, 1.82) is 0 Å². The summed E-state index contributed by atoms with van der Waals surface area (Å²) in [5, 5.41) is 7.12. The first kappa shape index (κ1) is 23.3. The molecule has 32 heavy (non-hydrogen) atoms. The van der Waals surface area contributed by atoms with Crippen LogP contribution in [0.4, 0.5) is 13.2 Å². The van der Waals surface area contributed by atoms with Gasteiger partial charge in [-0.05, 0) is 37.0 Å². The molecule has 2 saturated heterocycles. The number of rotatable bonds is 3. The van der Waals surface area contributed by atoms with Gasteiger partial charge in [-0.1, -0.05) is 6.07 Å². The van der Waals surface area contributed by atoms with Gasteiger partial charge in [0.15, 0.2) is 0 Å². The van der Waals surface area contributed by atoms with Gasteiger partial charge in [-0.3, -0.25) is 14.6 Å². The largest absolute Gasteiger partial charge is 0.490 e. The van der Waals surface area contributed by atoms with Crippen molar-refractivity contribution in [1.82, 2.24) is 14.8 Å². The lowest BCUT2D eigenvalue weighted by Crippen LogP contribution is -2.53. The molecule has 0 unspecified atom stereocenters. The van der Waals surface area contributed by atoms with Crippen LogP contribution in [0.15, 0.2) is 47.5 Å². The highest BCUT2D eigenvalue weighted by Crippen LogP contribution is 2.40. The molecular weight excluding hydrogens is 431 g/mol. The maximum atomic E-state index is 12.5. The normalized spacial score (nSPS) is 17.8. The molecule has 2 aliphatic rings. The van der Waals surface area contributed by atoms with Crippen LogP contribution in [0, 0.1) is 0 Å². The lowest BCUT2D eigenvalue weighted by molar-refractivity contribution is -0.192. The third-order valence-corrected chi connectivity index (χ3v) is 5.73. The van der Waals surface area contributed by atoms with E-state index < -0.39 is 12.1 Å². The molecule has 8 nitrogen and oxygen atoms in total. The predicted molar refractivity (Wildman–Crippen MR) is 104 cm³/mol. The number of carbonyl (C=O) groups is 3. The summed E-state index contributed by atoms with van der Waals surface area (Å²) in [5.41, 5.74) is 1.51. The van der Waals surface area contributed by atoms with Crippen LogP contribution < -0.4 is 0 Å². The van der Waals surface area contributed by atoms with E-state index in [-0.39, 0.29) is 17.4 Å². The number of halogens is 3. The molecular formula is C21H22F3N3O5. The maximum Gasteiger partial charge on any atom is 0.490 e. The summed E-state index contributed by atoms with van der Waals surface area (Å²) in [4.78, 5) is 41.9. The van der Waals surface area contributed by atoms with Crippen LogP contribution in [0.1, 0.15) is 41.6 Å². The van der Waals surface area contributed by atoms with E-state index in [1.54, 1.807) is 12.3 Å². The molecule has 11 heteroatoms. The van der Waals surface area contributed by atoms with Gasteiger partial charge in [0.05, 0.1) is 11.8 Å². The minimum atomic E-state index is -5.08. The SMILES string of the molecule is O=C(O)C(F)(F)F.O=C(c1ccoc1)N1CCC2(CCC(=O)N2Cc2cccnc2)CC1. The van der Waals surface area contributed by atoms with Crippen molar-refractivity contribution in [3.05, 3.63) is 54.2 Å². The summed E-state index contributed by atoms with van der Waals surface area (Å²) in [6, 6.07) is 5.60. The Labute approximate surface area is 181 Å². The average molecular weight is 453 g/mol. The van der Waals surface area contributed by atoms with Crippen molar-refractivity contribution < 1.29 is 37.1 Å². The van der Waals surface area contributed by atoms with Gasteiger partial charge < -0.3 is 19.3 Å². The van der Waals surface area contributed by atoms with Crippen LogP contribution in [-0.2, 0) is 16.1 Å². The van der Waals surface area contributed by atoms with Gasteiger partial charge in [0, 0.05) is 44.0 Å². The molecule has 1 N–H and O–H groups in total. The molecule has 2 aliphatic heterocycles. The van der Waals surface area contributed by atoms with Gasteiger partial charge in [-0.2, -0.15) is 13.2 Å². The summed E-state index contributed by atoms with van der Waals surface area (Å²) in [5.74, 6) is -2.54. The number of likely N-dealkylation sites (tertiary alicyclic amines) is 2. The molecule has 0 atom stereocenters. The van der Waals surface area contributed by atoms with Crippen molar-refractivity contribution in [2.24, 2.45) is 0 Å². The molecule has 2 amide bonds. The number of hydrogen-bond donors (Lipinski definition) is 1. The zero-order chi connectivity index (χ0) is 23.4. The Morgan fingerprint density at radius 2 is 1.88 bits per heavy atom. The number of carbonyl (C=O) groups excluding carboxylic acids is 2. The summed E-state index contributed by atoms with van der Waals surface area (Å²) in [7, 11) is 0. The highest BCUT2D eigenvalue weighted by molar-refractivity contribution is 5.94. The fraction of sp³-hybridized carbons (Fsp3) is 0.429. The summed E-state index contributed by atoms with van der Waals surface area (Å²) < 4.78 is 36.7. The second kappa shape index (κ2) is 9.41. The number of hydrogen-bond acceptors (Lipinski definition) is 5. The smallest absolute Gasteiger partial charge is 0.475 e. The van der Waals surface area contributed by atoms with E-state index in [2.05, 4.69) is 4.98 Å². The Bertz CT molecular complexity index is 939. The maximum absolute atomic E-state index is 12.5. The fourth-order valence-electron chi connectivity index (χ4n) is 4.02. The van der Waals surface area contributed by atoms with Gasteiger partial charge in [-0.15, -0.1) is 0 Å². The van der Waals surface area contributed by atoms with Gasteiger partial charge in [0.25, 0.3) is 5.91 Å². The molecule has 0 aromatic carbocycles. The van der Waals surface area contributed by atoms with Crippen LogP contribution in [0.5, 0.6) is 0 Å². The lowest BCUT2D eigenvalue weighted by atomic mass is 9.84.